The number of H-pyrrole nitrogens is 1. The number of halogens is 3. The maximum absolute atomic E-state index is 12.6. The highest BCUT2D eigenvalue weighted by atomic mass is 19.4. The lowest BCUT2D eigenvalue weighted by Crippen LogP contribution is -2.04. The van der Waals surface area contributed by atoms with Crippen LogP contribution >= 0.6 is 0 Å². The SMILES string of the molecule is C=C(CCC)Nc1c[nH]c2ccc(CCCc3ccc(C(F)(F)F)cc3)cc12. The van der Waals surface area contributed by atoms with Crippen LogP contribution in [0.1, 0.15) is 42.9 Å². The number of allylic oxidation sites excluding steroid dienone is 1. The van der Waals surface area contributed by atoms with Crippen LogP contribution < -0.4 is 5.32 Å². The van der Waals surface area contributed by atoms with E-state index in [4.69, 9.17) is 0 Å². The number of anilines is 1. The van der Waals surface area contributed by atoms with E-state index >= 15 is 0 Å². The van der Waals surface area contributed by atoms with Gasteiger partial charge in [-0.15, -0.1) is 0 Å². The van der Waals surface area contributed by atoms with Crippen LogP contribution in [0.2, 0.25) is 0 Å². The van der Waals surface area contributed by atoms with Crippen molar-refractivity contribution in [3.63, 3.8) is 0 Å². The van der Waals surface area contributed by atoms with Gasteiger partial charge in [0, 0.05) is 22.8 Å². The highest BCUT2D eigenvalue weighted by molar-refractivity contribution is 5.93. The van der Waals surface area contributed by atoms with Crippen molar-refractivity contribution in [2.75, 3.05) is 5.32 Å². The van der Waals surface area contributed by atoms with Crippen LogP contribution in [0.4, 0.5) is 18.9 Å². The minimum Gasteiger partial charge on any atom is -0.359 e. The lowest BCUT2D eigenvalue weighted by molar-refractivity contribution is -0.137. The summed E-state index contributed by atoms with van der Waals surface area (Å²) in [5, 5.41) is 4.50. The molecule has 0 aliphatic carbocycles. The van der Waals surface area contributed by atoms with Crippen molar-refractivity contribution in [2.24, 2.45) is 0 Å². The molecule has 0 amide bonds. The van der Waals surface area contributed by atoms with Crippen LogP contribution in [-0.2, 0) is 19.0 Å². The van der Waals surface area contributed by atoms with Crippen LogP contribution in [-0.4, -0.2) is 4.98 Å². The smallest absolute Gasteiger partial charge is 0.359 e. The summed E-state index contributed by atoms with van der Waals surface area (Å²) < 4.78 is 37.9. The molecule has 1 heterocycles. The molecule has 1 aromatic heterocycles. The molecule has 0 atom stereocenters. The van der Waals surface area contributed by atoms with Crippen molar-refractivity contribution < 1.29 is 13.2 Å². The normalized spacial score (nSPS) is 11.7. The van der Waals surface area contributed by atoms with Gasteiger partial charge in [-0.1, -0.05) is 38.1 Å². The lowest BCUT2D eigenvalue weighted by Gasteiger charge is -2.09. The first-order valence-electron chi connectivity index (χ1n) is 9.58. The van der Waals surface area contributed by atoms with E-state index in [2.05, 4.69) is 42.0 Å². The highest BCUT2D eigenvalue weighted by Gasteiger charge is 2.29. The first kappa shape index (κ1) is 20.1. The average molecular weight is 386 g/mol. The van der Waals surface area contributed by atoms with Gasteiger partial charge in [0.2, 0.25) is 0 Å². The van der Waals surface area contributed by atoms with E-state index in [9.17, 15) is 13.2 Å². The van der Waals surface area contributed by atoms with Crippen molar-refractivity contribution in [1.29, 1.82) is 0 Å². The predicted molar refractivity (Wildman–Crippen MR) is 109 cm³/mol. The number of rotatable bonds is 8. The Bertz CT molecular complexity index is 937. The van der Waals surface area contributed by atoms with Crippen molar-refractivity contribution in [2.45, 2.75) is 45.2 Å². The molecule has 0 bridgehead atoms. The first-order chi connectivity index (χ1) is 13.4. The Kier molecular flexibility index (Phi) is 6.12. The minimum absolute atomic E-state index is 0.598. The molecule has 0 unspecified atom stereocenters. The third kappa shape index (κ3) is 4.97. The summed E-state index contributed by atoms with van der Waals surface area (Å²) in [7, 11) is 0. The second-order valence-electron chi connectivity index (χ2n) is 7.11. The molecule has 28 heavy (non-hydrogen) atoms. The van der Waals surface area contributed by atoms with E-state index in [0.717, 1.165) is 72.1 Å². The Morgan fingerprint density at radius 2 is 1.71 bits per heavy atom. The molecule has 0 saturated carbocycles. The van der Waals surface area contributed by atoms with Crippen molar-refractivity contribution in [3.8, 4) is 0 Å². The summed E-state index contributed by atoms with van der Waals surface area (Å²) in [5.74, 6) is 0. The number of aromatic amines is 1. The minimum atomic E-state index is -4.28. The van der Waals surface area contributed by atoms with Gasteiger partial charge < -0.3 is 10.3 Å². The number of alkyl halides is 3. The number of aryl methyl sites for hydroxylation is 2. The number of hydrogen-bond acceptors (Lipinski definition) is 1. The van der Waals surface area contributed by atoms with Crippen LogP contribution in [0.3, 0.4) is 0 Å². The maximum Gasteiger partial charge on any atom is 0.416 e. The maximum atomic E-state index is 12.6. The molecule has 0 aliphatic rings. The van der Waals surface area contributed by atoms with Gasteiger partial charge in [0.1, 0.15) is 0 Å². The lowest BCUT2D eigenvalue weighted by atomic mass is 10.0. The highest BCUT2D eigenvalue weighted by Crippen LogP contribution is 2.29. The Morgan fingerprint density at radius 1 is 1.04 bits per heavy atom. The summed E-state index contributed by atoms with van der Waals surface area (Å²) in [5.41, 5.74) is 4.63. The summed E-state index contributed by atoms with van der Waals surface area (Å²) in [6.07, 6.45) is 2.16. The Balaban J connectivity index is 1.62. The van der Waals surface area contributed by atoms with Gasteiger partial charge in [0.15, 0.2) is 0 Å². The zero-order valence-corrected chi connectivity index (χ0v) is 16.0. The molecule has 0 spiro atoms. The number of benzene rings is 2. The monoisotopic (exact) mass is 386 g/mol. The number of nitrogens with one attached hydrogen (secondary N) is 2. The summed E-state index contributed by atoms with van der Waals surface area (Å²) in [6.45, 7) is 6.18. The topological polar surface area (TPSA) is 27.8 Å². The fourth-order valence-corrected chi connectivity index (χ4v) is 3.34. The molecule has 2 N–H and O–H groups in total. The number of aromatic nitrogens is 1. The Hall–Kier alpha value is -2.69. The molecule has 3 aromatic rings. The van der Waals surface area contributed by atoms with Gasteiger partial charge in [-0.25, -0.2) is 0 Å². The molecular weight excluding hydrogens is 361 g/mol. The molecule has 2 aromatic carbocycles. The van der Waals surface area contributed by atoms with Gasteiger partial charge in [-0.2, -0.15) is 13.2 Å². The van der Waals surface area contributed by atoms with Crippen LogP contribution in [0.5, 0.6) is 0 Å². The molecule has 0 saturated heterocycles. The average Bonchev–Trinajstić information content (AvgIpc) is 3.04. The second-order valence-corrected chi connectivity index (χ2v) is 7.11. The van der Waals surface area contributed by atoms with Crippen molar-refractivity contribution in [1.82, 2.24) is 4.98 Å². The second kappa shape index (κ2) is 8.55. The van der Waals surface area contributed by atoms with Gasteiger partial charge in [0.05, 0.1) is 11.3 Å². The van der Waals surface area contributed by atoms with Crippen LogP contribution in [0, 0.1) is 0 Å². The van der Waals surface area contributed by atoms with Gasteiger partial charge in [0.25, 0.3) is 0 Å². The summed E-state index contributed by atoms with van der Waals surface area (Å²) in [4.78, 5) is 3.27. The zero-order valence-electron chi connectivity index (χ0n) is 16.0. The molecule has 2 nitrogen and oxygen atoms in total. The molecule has 5 heteroatoms. The number of fused-ring (bicyclic) bond motifs is 1. The van der Waals surface area contributed by atoms with E-state index < -0.39 is 11.7 Å². The van der Waals surface area contributed by atoms with E-state index in [1.807, 2.05) is 6.20 Å². The van der Waals surface area contributed by atoms with Crippen LogP contribution in [0.25, 0.3) is 10.9 Å². The fourth-order valence-electron chi connectivity index (χ4n) is 3.34. The van der Waals surface area contributed by atoms with Gasteiger partial charge in [-0.05, 0) is 61.1 Å². The van der Waals surface area contributed by atoms with Gasteiger partial charge >= 0.3 is 6.18 Å². The van der Waals surface area contributed by atoms with Crippen molar-refractivity contribution in [3.05, 3.63) is 77.6 Å². The standard InChI is InChI=1S/C23H25F3N2/c1-3-5-16(2)28-22-15-27-21-13-10-18(14-20(21)22)7-4-6-17-8-11-19(12-9-17)23(24,25)26/h8-15,27-28H,2-7H2,1H3. The Morgan fingerprint density at radius 3 is 2.39 bits per heavy atom. The van der Waals surface area contributed by atoms with Crippen LogP contribution in [0.15, 0.2) is 60.9 Å². The van der Waals surface area contributed by atoms with E-state index in [-0.39, 0.29) is 0 Å². The first-order valence-corrected chi connectivity index (χ1v) is 9.58. The quantitative estimate of drug-likeness (QED) is 0.425. The molecule has 0 fully saturated rings. The van der Waals surface area contributed by atoms with E-state index in [1.54, 1.807) is 12.1 Å². The Labute approximate surface area is 163 Å². The fraction of sp³-hybridized carbons (Fsp3) is 0.304. The molecule has 3 rings (SSSR count). The van der Waals surface area contributed by atoms with E-state index in [0.29, 0.717) is 0 Å². The molecule has 0 radical (unpaired) electrons. The predicted octanol–water partition coefficient (Wildman–Crippen LogP) is 7.09. The third-order valence-corrected chi connectivity index (χ3v) is 4.82. The molecule has 0 aliphatic heterocycles. The zero-order chi connectivity index (χ0) is 20.1. The van der Waals surface area contributed by atoms with E-state index in [1.165, 1.54) is 5.56 Å². The molecular formula is C23H25F3N2. The molecule has 148 valence electrons. The van der Waals surface area contributed by atoms with Gasteiger partial charge in [-0.3, -0.25) is 0 Å². The van der Waals surface area contributed by atoms with Crippen molar-refractivity contribution >= 4 is 16.6 Å². The largest absolute Gasteiger partial charge is 0.416 e. The third-order valence-electron chi connectivity index (χ3n) is 4.82. The number of hydrogen-bond donors (Lipinski definition) is 2. The summed E-state index contributed by atoms with van der Waals surface area (Å²) in [6, 6.07) is 11.8. The summed E-state index contributed by atoms with van der Waals surface area (Å²) >= 11 is 0.